The predicted octanol–water partition coefficient (Wildman–Crippen LogP) is 4.26. The van der Waals surface area contributed by atoms with Crippen LogP contribution in [0.5, 0.6) is 0 Å². The molecule has 1 aromatic carbocycles. The fraction of sp³-hybridized carbons (Fsp3) is 0.632. The highest BCUT2D eigenvalue weighted by Crippen LogP contribution is 2.53. The van der Waals surface area contributed by atoms with E-state index in [0.717, 1.165) is 24.4 Å². The van der Waals surface area contributed by atoms with Crippen LogP contribution in [0.15, 0.2) is 24.3 Å². The minimum Gasteiger partial charge on any atom is -0.444 e. The number of para-hydroxylation sites is 2. The number of ether oxygens (including phenoxy) is 2. The van der Waals surface area contributed by atoms with Crippen molar-refractivity contribution in [2.45, 2.75) is 58.8 Å². The number of benzene rings is 1. The highest BCUT2D eigenvalue weighted by Gasteiger charge is 2.59. The van der Waals surface area contributed by atoms with Crippen LogP contribution in [0, 0.1) is 11.3 Å². The number of carbonyl (C=O) groups excluding carboxylic acids is 1. The van der Waals surface area contributed by atoms with Gasteiger partial charge in [0.05, 0.1) is 17.5 Å². The van der Waals surface area contributed by atoms with Crippen molar-refractivity contribution in [3.05, 3.63) is 24.3 Å². The molecule has 1 saturated carbocycles. The first-order valence-corrected chi connectivity index (χ1v) is 8.66. The van der Waals surface area contributed by atoms with Crippen molar-refractivity contribution < 1.29 is 14.3 Å². The number of rotatable bonds is 3. The maximum absolute atomic E-state index is 12.1. The van der Waals surface area contributed by atoms with Crippen LogP contribution in [0.3, 0.4) is 0 Å². The maximum atomic E-state index is 12.1. The second kappa shape index (κ2) is 5.96. The smallest absolute Gasteiger partial charge is 0.412 e. The predicted molar refractivity (Wildman–Crippen MR) is 95.3 cm³/mol. The Morgan fingerprint density at radius 3 is 2.58 bits per heavy atom. The fourth-order valence-electron chi connectivity index (χ4n) is 3.92. The summed E-state index contributed by atoms with van der Waals surface area (Å²) in [7, 11) is 0. The van der Waals surface area contributed by atoms with E-state index >= 15 is 0 Å². The summed E-state index contributed by atoms with van der Waals surface area (Å²) in [5.74, 6) is 0.537. The molecule has 0 spiro atoms. The van der Waals surface area contributed by atoms with Crippen LogP contribution in [-0.2, 0) is 9.47 Å². The summed E-state index contributed by atoms with van der Waals surface area (Å²) in [6.07, 6.45) is 0.987. The van der Waals surface area contributed by atoms with E-state index in [1.807, 2.05) is 45.0 Å². The van der Waals surface area contributed by atoms with Crippen molar-refractivity contribution in [2.24, 2.45) is 11.3 Å². The molecule has 3 rings (SSSR count). The Kier molecular flexibility index (Phi) is 4.24. The molecule has 24 heavy (non-hydrogen) atoms. The van der Waals surface area contributed by atoms with E-state index in [2.05, 4.69) is 24.5 Å². The van der Waals surface area contributed by atoms with E-state index in [4.69, 9.17) is 9.47 Å². The molecule has 1 aliphatic heterocycles. The molecule has 1 saturated heterocycles. The van der Waals surface area contributed by atoms with E-state index in [-0.39, 0.29) is 5.41 Å². The molecule has 1 amide bonds. The first-order chi connectivity index (χ1) is 11.2. The van der Waals surface area contributed by atoms with Crippen LogP contribution >= 0.6 is 0 Å². The van der Waals surface area contributed by atoms with Crippen molar-refractivity contribution in [1.29, 1.82) is 0 Å². The standard InChI is InChI=1S/C19H28N2O3/c1-18(2,3)24-17(22)21-14-9-7-6-8-13(14)20-15-12-10-11-23-16(12)19(15,4)5/h6-9,12,15-16,20H,10-11H2,1-5H3,(H,21,22). The lowest BCUT2D eigenvalue weighted by atomic mass is 9.57. The maximum Gasteiger partial charge on any atom is 0.412 e. The Labute approximate surface area is 144 Å². The first-order valence-electron chi connectivity index (χ1n) is 8.66. The largest absolute Gasteiger partial charge is 0.444 e. The van der Waals surface area contributed by atoms with E-state index in [9.17, 15) is 4.79 Å². The minimum atomic E-state index is -0.517. The summed E-state index contributed by atoms with van der Waals surface area (Å²) < 4.78 is 11.2. The van der Waals surface area contributed by atoms with Gasteiger partial charge in [0.2, 0.25) is 0 Å². The molecule has 1 aromatic rings. The highest BCUT2D eigenvalue weighted by atomic mass is 16.6. The number of carbonyl (C=O) groups is 1. The van der Waals surface area contributed by atoms with E-state index < -0.39 is 11.7 Å². The molecule has 0 radical (unpaired) electrons. The zero-order valence-electron chi connectivity index (χ0n) is 15.2. The summed E-state index contributed by atoms with van der Waals surface area (Å²) >= 11 is 0. The first kappa shape index (κ1) is 17.1. The minimum absolute atomic E-state index is 0.0835. The van der Waals surface area contributed by atoms with Gasteiger partial charge < -0.3 is 14.8 Å². The van der Waals surface area contributed by atoms with Gasteiger partial charge in [0.1, 0.15) is 5.60 Å². The zero-order valence-corrected chi connectivity index (χ0v) is 15.2. The SMILES string of the molecule is CC(C)(C)OC(=O)Nc1ccccc1NC1C2CCOC2C1(C)C. The van der Waals surface area contributed by atoms with Crippen LogP contribution < -0.4 is 10.6 Å². The number of fused-ring (bicyclic) bond motifs is 1. The average Bonchev–Trinajstić information content (AvgIpc) is 2.91. The molecule has 0 aromatic heterocycles. The van der Waals surface area contributed by atoms with Crippen LogP contribution in [0.1, 0.15) is 41.0 Å². The second-order valence-electron chi connectivity index (χ2n) is 8.36. The van der Waals surface area contributed by atoms with Crippen LogP contribution in [0.4, 0.5) is 16.2 Å². The number of hydrogen-bond donors (Lipinski definition) is 2. The van der Waals surface area contributed by atoms with Crippen molar-refractivity contribution >= 4 is 17.5 Å². The molecule has 5 nitrogen and oxygen atoms in total. The molecule has 3 unspecified atom stereocenters. The molecule has 5 heteroatoms. The zero-order chi connectivity index (χ0) is 17.5. The summed E-state index contributed by atoms with van der Waals surface area (Å²) in [6, 6.07) is 8.10. The molecule has 2 fully saturated rings. The molecule has 0 bridgehead atoms. The van der Waals surface area contributed by atoms with Gasteiger partial charge in [-0.2, -0.15) is 0 Å². The molecule has 2 aliphatic rings. The third-order valence-electron chi connectivity index (χ3n) is 4.97. The van der Waals surface area contributed by atoms with Crippen molar-refractivity contribution in [1.82, 2.24) is 0 Å². The lowest BCUT2D eigenvalue weighted by Crippen LogP contribution is -2.63. The quantitative estimate of drug-likeness (QED) is 0.868. The van der Waals surface area contributed by atoms with Gasteiger partial charge in [-0.25, -0.2) is 4.79 Å². The Morgan fingerprint density at radius 1 is 1.25 bits per heavy atom. The van der Waals surface area contributed by atoms with Gasteiger partial charge in [-0.15, -0.1) is 0 Å². The van der Waals surface area contributed by atoms with Gasteiger partial charge in [-0.05, 0) is 39.3 Å². The Morgan fingerprint density at radius 2 is 1.92 bits per heavy atom. The topological polar surface area (TPSA) is 59.6 Å². The summed E-state index contributed by atoms with van der Waals surface area (Å²) in [6.45, 7) is 10.9. The third-order valence-corrected chi connectivity index (χ3v) is 4.97. The van der Waals surface area contributed by atoms with Gasteiger partial charge in [0, 0.05) is 24.0 Å². The van der Waals surface area contributed by atoms with Crippen LogP contribution in [0.25, 0.3) is 0 Å². The average molecular weight is 332 g/mol. The fourth-order valence-corrected chi connectivity index (χ4v) is 3.92. The van der Waals surface area contributed by atoms with Crippen molar-refractivity contribution in [2.75, 3.05) is 17.2 Å². The Balaban J connectivity index is 1.72. The summed E-state index contributed by atoms with van der Waals surface area (Å²) in [5.41, 5.74) is 1.23. The number of nitrogens with one attached hydrogen (secondary N) is 2. The van der Waals surface area contributed by atoms with Gasteiger partial charge in [-0.3, -0.25) is 5.32 Å². The molecular formula is C19H28N2O3. The lowest BCUT2D eigenvalue weighted by molar-refractivity contribution is -0.0922. The Bertz CT molecular complexity index is 621. The molecule has 1 heterocycles. The third kappa shape index (κ3) is 3.22. The van der Waals surface area contributed by atoms with Crippen LogP contribution in [-0.4, -0.2) is 30.4 Å². The van der Waals surface area contributed by atoms with Gasteiger partial charge in [0.25, 0.3) is 0 Å². The Hall–Kier alpha value is -1.75. The van der Waals surface area contributed by atoms with Gasteiger partial charge >= 0.3 is 6.09 Å². The number of anilines is 2. The second-order valence-corrected chi connectivity index (χ2v) is 8.36. The van der Waals surface area contributed by atoms with Crippen LogP contribution in [0.2, 0.25) is 0 Å². The molecular weight excluding hydrogens is 304 g/mol. The molecule has 1 aliphatic carbocycles. The van der Waals surface area contributed by atoms with Gasteiger partial charge in [-0.1, -0.05) is 26.0 Å². The lowest BCUT2D eigenvalue weighted by Gasteiger charge is -2.55. The van der Waals surface area contributed by atoms with Crippen molar-refractivity contribution in [3.8, 4) is 0 Å². The van der Waals surface area contributed by atoms with E-state index in [1.165, 1.54) is 0 Å². The van der Waals surface area contributed by atoms with E-state index in [0.29, 0.717) is 18.1 Å². The summed E-state index contributed by atoms with van der Waals surface area (Å²) in [4.78, 5) is 12.1. The number of hydrogen-bond acceptors (Lipinski definition) is 4. The summed E-state index contributed by atoms with van der Waals surface area (Å²) in [5, 5.41) is 6.48. The van der Waals surface area contributed by atoms with E-state index in [1.54, 1.807) is 0 Å². The normalized spacial score (nSPS) is 27.8. The molecule has 132 valence electrons. The molecule has 2 N–H and O–H groups in total. The number of amides is 1. The van der Waals surface area contributed by atoms with Crippen molar-refractivity contribution in [3.63, 3.8) is 0 Å². The monoisotopic (exact) mass is 332 g/mol. The van der Waals surface area contributed by atoms with Gasteiger partial charge in [0.15, 0.2) is 0 Å². The highest BCUT2D eigenvalue weighted by molar-refractivity contribution is 5.89. The molecule has 3 atom stereocenters.